The van der Waals surface area contributed by atoms with Crippen molar-refractivity contribution in [2.45, 2.75) is 22.4 Å². The second-order valence-electron chi connectivity index (χ2n) is 5.70. The lowest BCUT2D eigenvalue weighted by Gasteiger charge is -2.31. The number of benzene rings is 2. The Hall–Kier alpha value is -1.21. The van der Waals surface area contributed by atoms with Crippen LogP contribution < -0.4 is 5.32 Å². The molecule has 0 radical (unpaired) electrons. The van der Waals surface area contributed by atoms with Gasteiger partial charge in [0.1, 0.15) is 0 Å². The Morgan fingerprint density at radius 3 is 2.48 bits per heavy atom. The Labute approximate surface area is 153 Å². The monoisotopic (exact) mass is 387 g/mol. The SMILES string of the molecule is FC(F)(F)c1ccccc1SC(c1ccc(Cl)cc1)C1CNCCO1. The molecule has 0 aromatic heterocycles. The van der Waals surface area contributed by atoms with Gasteiger partial charge >= 0.3 is 6.18 Å². The number of nitrogens with one attached hydrogen (secondary N) is 1. The van der Waals surface area contributed by atoms with Crippen LogP contribution in [0.1, 0.15) is 16.4 Å². The maximum absolute atomic E-state index is 13.3. The molecule has 1 saturated heterocycles. The van der Waals surface area contributed by atoms with E-state index >= 15 is 0 Å². The van der Waals surface area contributed by atoms with E-state index in [0.29, 0.717) is 18.2 Å². The minimum atomic E-state index is -4.39. The average Bonchev–Trinajstić information content (AvgIpc) is 2.61. The van der Waals surface area contributed by atoms with Gasteiger partial charge in [-0.1, -0.05) is 35.9 Å². The van der Waals surface area contributed by atoms with Gasteiger partial charge in [0.2, 0.25) is 0 Å². The first-order valence-electron chi connectivity index (χ1n) is 7.86. The molecule has 2 atom stereocenters. The molecule has 1 aliphatic rings. The van der Waals surface area contributed by atoms with Gasteiger partial charge in [0.25, 0.3) is 0 Å². The van der Waals surface area contributed by atoms with Crippen LogP contribution in [0.15, 0.2) is 53.4 Å². The highest BCUT2D eigenvalue weighted by Gasteiger charge is 2.35. The molecule has 3 rings (SSSR count). The maximum Gasteiger partial charge on any atom is 0.417 e. The zero-order valence-electron chi connectivity index (χ0n) is 13.2. The highest BCUT2D eigenvalue weighted by molar-refractivity contribution is 7.99. The van der Waals surface area contributed by atoms with Crippen LogP contribution in [0.5, 0.6) is 0 Å². The number of rotatable bonds is 4. The fourth-order valence-corrected chi connectivity index (χ4v) is 4.22. The Morgan fingerprint density at radius 1 is 1.12 bits per heavy atom. The number of morpholine rings is 1. The van der Waals surface area contributed by atoms with Crippen LogP contribution in [0.4, 0.5) is 13.2 Å². The molecule has 0 spiro atoms. The van der Waals surface area contributed by atoms with E-state index in [2.05, 4.69) is 5.32 Å². The molecule has 1 fully saturated rings. The first-order valence-corrected chi connectivity index (χ1v) is 9.11. The largest absolute Gasteiger partial charge is 0.417 e. The van der Waals surface area contributed by atoms with Crippen LogP contribution in [-0.2, 0) is 10.9 Å². The van der Waals surface area contributed by atoms with Gasteiger partial charge in [-0.15, -0.1) is 11.8 Å². The number of ether oxygens (including phenoxy) is 1. The van der Waals surface area contributed by atoms with Crippen molar-refractivity contribution in [2.24, 2.45) is 0 Å². The summed E-state index contributed by atoms with van der Waals surface area (Å²) in [6.07, 6.45) is -4.61. The molecule has 0 saturated carbocycles. The summed E-state index contributed by atoms with van der Waals surface area (Å²) >= 11 is 7.13. The van der Waals surface area contributed by atoms with E-state index in [4.69, 9.17) is 16.3 Å². The Bertz CT molecular complexity index is 702. The zero-order chi connectivity index (χ0) is 17.9. The maximum atomic E-state index is 13.3. The summed E-state index contributed by atoms with van der Waals surface area (Å²) in [6, 6.07) is 12.8. The molecule has 134 valence electrons. The highest BCUT2D eigenvalue weighted by Crippen LogP contribution is 2.44. The molecule has 1 aliphatic heterocycles. The van der Waals surface area contributed by atoms with Crippen LogP contribution in [-0.4, -0.2) is 25.8 Å². The summed E-state index contributed by atoms with van der Waals surface area (Å²) in [5.41, 5.74) is 0.266. The van der Waals surface area contributed by atoms with E-state index in [1.165, 1.54) is 23.9 Å². The normalized spacial score (nSPS) is 19.6. The topological polar surface area (TPSA) is 21.3 Å². The molecule has 25 heavy (non-hydrogen) atoms. The lowest BCUT2D eigenvalue weighted by molar-refractivity contribution is -0.139. The third kappa shape index (κ3) is 4.70. The number of hydrogen-bond acceptors (Lipinski definition) is 3. The molecule has 0 bridgehead atoms. The van der Waals surface area contributed by atoms with E-state index in [9.17, 15) is 13.2 Å². The minimum Gasteiger partial charge on any atom is -0.374 e. The Morgan fingerprint density at radius 2 is 1.84 bits per heavy atom. The van der Waals surface area contributed by atoms with Gasteiger partial charge in [0.05, 0.1) is 23.5 Å². The average molecular weight is 388 g/mol. The smallest absolute Gasteiger partial charge is 0.374 e. The molecular weight excluding hydrogens is 371 g/mol. The molecule has 7 heteroatoms. The van der Waals surface area contributed by atoms with Crippen molar-refractivity contribution in [3.05, 3.63) is 64.7 Å². The van der Waals surface area contributed by atoms with Crippen LogP contribution in [0.3, 0.4) is 0 Å². The van der Waals surface area contributed by atoms with Crippen molar-refractivity contribution in [3.63, 3.8) is 0 Å². The van der Waals surface area contributed by atoms with Crippen molar-refractivity contribution in [2.75, 3.05) is 19.7 Å². The lowest BCUT2D eigenvalue weighted by Crippen LogP contribution is -2.41. The van der Waals surface area contributed by atoms with Gasteiger partial charge in [0, 0.05) is 23.0 Å². The predicted molar refractivity (Wildman–Crippen MR) is 94.1 cm³/mol. The number of alkyl halides is 3. The molecule has 1 heterocycles. The molecule has 2 aromatic carbocycles. The molecule has 2 nitrogen and oxygen atoms in total. The van der Waals surface area contributed by atoms with Crippen molar-refractivity contribution in [3.8, 4) is 0 Å². The van der Waals surface area contributed by atoms with Gasteiger partial charge < -0.3 is 10.1 Å². The van der Waals surface area contributed by atoms with Gasteiger partial charge in [0.15, 0.2) is 0 Å². The van der Waals surface area contributed by atoms with E-state index in [0.717, 1.165) is 18.2 Å². The van der Waals surface area contributed by atoms with Gasteiger partial charge in [-0.3, -0.25) is 0 Å². The summed E-state index contributed by atoms with van der Waals surface area (Å²) in [5.74, 6) is 0. The van der Waals surface area contributed by atoms with Crippen LogP contribution in [0.25, 0.3) is 0 Å². The van der Waals surface area contributed by atoms with Gasteiger partial charge in [-0.25, -0.2) is 0 Å². The quantitative estimate of drug-likeness (QED) is 0.730. The Balaban J connectivity index is 1.94. The van der Waals surface area contributed by atoms with E-state index in [-0.39, 0.29) is 16.2 Å². The summed E-state index contributed by atoms with van der Waals surface area (Å²) in [5, 5.41) is 3.56. The molecule has 1 N–H and O–H groups in total. The minimum absolute atomic E-state index is 0.198. The fraction of sp³-hybridized carbons (Fsp3) is 0.333. The zero-order valence-corrected chi connectivity index (χ0v) is 14.8. The van der Waals surface area contributed by atoms with E-state index in [1.54, 1.807) is 18.2 Å². The number of hydrogen-bond donors (Lipinski definition) is 1. The predicted octanol–water partition coefficient (Wildman–Crippen LogP) is 5.18. The summed E-state index contributed by atoms with van der Waals surface area (Å²) in [6.45, 7) is 1.87. The van der Waals surface area contributed by atoms with Gasteiger partial charge in [-0.2, -0.15) is 13.2 Å². The first-order chi connectivity index (χ1) is 11.9. The molecule has 2 aromatic rings. The van der Waals surface area contributed by atoms with Crippen molar-refractivity contribution < 1.29 is 17.9 Å². The number of thioether (sulfide) groups is 1. The second-order valence-corrected chi connectivity index (χ2v) is 7.32. The van der Waals surface area contributed by atoms with Crippen molar-refractivity contribution in [1.82, 2.24) is 5.32 Å². The van der Waals surface area contributed by atoms with Crippen LogP contribution in [0.2, 0.25) is 5.02 Å². The van der Waals surface area contributed by atoms with Crippen molar-refractivity contribution >= 4 is 23.4 Å². The van der Waals surface area contributed by atoms with Crippen molar-refractivity contribution in [1.29, 1.82) is 0 Å². The molecule has 0 amide bonds. The molecule has 2 unspecified atom stereocenters. The third-order valence-electron chi connectivity index (χ3n) is 3.94. The third-order valence-corrected chi connectivity index (χ3v) is 5.63. The van der Waals surface area contributed by atoms with E-state index < -0.39 is 11.7 Å². The Kier molecular flexibility index (Phi) is 5.94. The molecular formula is C18H17ClF3NOS. The fourth-order valence-electron chi connectivity index (χ4n) is 2.73. The van der Waals surface area contributed by atoms with E-state index in [1.807, 2.05) is 12.1 Å². The van der Waals surface area contributed by atoms with Gasteiger partial charge in [-0.05, 0) is 29.8 Å². The lowest BCUT2D eigenvalue weighted by atomic mass is 10.1. The standard InChI is InChI=1S/C18H17ClF3NOS/c19-13-7-5-12(6-8-13)17(15-11-23-9-10-24-15)25-16-4-2-1-3-14(16)18(20,21)22/h1-8,15,17,23H,9-11H2. The summed E-state index contributed by atoms with van der Waals surface area (Å²) in [7, 11) is 0. The first kappa shape index (κ1) is 18.6. The molecule has 0 aliphatic carbocycles. The number of halogens is 4. The van der Waals surface area contributed by atoms with Crippen LogP contribution >= 0.6 is 23.4 Å². The summed E-state index contributed by atoms with van der Waals surface area (Å²) in [4.78, 5) is 0.198. The highest BCUT2D eigenvalue weighted by atomic mass is 35.5. The van der Waals surface area contributed by atoms with Crippen LogP contribution in [0, 0.1) is 0 Å². The summed E-state index contributed by atoms with van der Waals surface area (Å²) < 4.78 is 45.8. The second kappa shape index (κ2) is 7.99.